The molecule has 20 heavy (non-hydrogen) atoms. The molecule has 2 unspecified atom stereocenters. The SMILES string of the molecule is CCC(C)n1ccc(CC(O)c2ccc(Br)cc2Cl)n1. The van der Waals surface area contributed by atoms with Gasteiger partial charge in [-0.05, 0) is 37.1 Å². The van der Waals surface area contributed by atoms with Gasteiger partial charge < -0.3 is 5.11 Å². The van der Waals surface area contributed by atoms with Gasteiger partial charge >= 0.3 is 0 Å². The molecule has 2 aromatic rings. The van der Waals surface area contributed by atoms with Crippen LogP contribution < -0.4 is 0 Å². The van der Waals surface area contributed by atoms with E-state index in [9.17, 15) is 5.11 Å². The van der Waals surface area contributed by atoms with Crippen LogP contribution in [0.2, 0.25) is 5.02 Å². The number of hydrogen-bond donors (Lipinski definition) is 1. The van der Waals surface area contributed by atoms with Crippen molar-refractivity contribution in [2.45, 2.75) is 38.8 Å². The number of rotatable bonds is 5. The summed E-state index contributed by atoms with van der Waals surface area (Å²) in [6.07, 6.45) is 2.81. The van der Waals surface area contributed by atoms with Gasteiger partial charge in [0.05, 0.1) is 11.8 Å². The molecular weight excluding hydrogens is 340 g/mol. The number of aliphatic hydroxyl groups excluding tert-OH is 1. The van der Waals surface area contributed by atoms with Gasteiger partial charge in [-0.25, -0.2) is 0 Å². The normalized spacial score (nSPS) is 14.2. The highest BCUT2D eigenvalue weighted by atomic mass is 79.9. The number of halogens is 2. The summed E-state index contributed by atoms with van der Waals surface area (Å²) in [6, 6.07) is 7.82. The molecule has 2 rings (SSSR count). The Morgan fingerprint density at radius 1 is 1.40 bits per heavy atom. The highest BCUT2D eigenvalue weighted by Crippen LogP contribution is 2.28. The fourth-order valence-electron chi connectivity index (χ4n) is 2.00. The molecule has 108 valence electrons. The van der Waals surface area contributed by atoms with Gasteiger partial charge in [-0.3, -0.25) is 4.68 Å². The molecule has 0 radical (unpaired) electrons. The van der Waals surface area contributed by atoms with Crippen LogP contribution in [0.25, 0.3) is 0 Å². The Labute approximate surface area is 132 Å². The Hall–Kier alpha value is -0.840. The van der Waals surface area contributed by atoms with Crippen molar-refractivity contribution in [3.63, 3.8) is 0 Å². The first kappa shape index (κ1) is 15.5. The largest absolute Gasteiger partial charge is 0.388 e. The Morgan fingerprint density at radius 3 is 2.80 bits per heavy atom. The van der Waals surface area contributed by atoms with Crippen molar-refractivity contribution in [2.75, 3.05) is 0 Å². The zero-order valence-electron chi connectivity index (χ0n) is 11.6. The second-order valence-electron chi connectivity index (χ2n) is 4.93. The van der Waals surface area contributed by atoms with Gasteiger partial charge in [-0.1, -0.05) is 40.5 Å². The van der Waals surface area contributed by atoms with E-state index in [1.165, 1.54) is 0 Å². The summed E-state index contributed by atoms with van der Waals surface area (Å²) >= 11 is 9.51. The molecule has 0 bridgehead atoms. The lowest BCUT2D eigenvalue weighted by Crippen LogP contribution is -2.07. The zero-order chi connectivity index (χ0) is 14.7. The van der Waals surface area contributed by atoms with E-state index in [0.717, 1.165) is 22.2 Å². The average Bonchev–Trinajstić information content (AvgIpc) is 2.86. The summed E-state index contributed by atoms with van der Waals surface area (Å²) in [5.74, 6) is 0. The zero-order valence-corrected chi connectivity index (χ0v) is 13.9. The monoisotopic (exact) mass is 356 g/mol. The average molecular weight is 358 g/mol. The minimum absolute atomic E-state index is 0.372. The summed E-state index contributed by atoms with van der Waals surface area (Å²) in [7, 11) is 0. The summed E-state index contributed by atoms with van der Waals surface area (Å²) < 4.78 is 2.84. The van der Waals surface area contributed by atoms with Crippen LogP contribution in [0.3, 0.4) is 0 Å². The van der Waals surface area contributed by atoms with Gasteiger partial charge in [-0.15, -0.1) is 0 Å². The van der Waals surface area contributed by atoms with Gasteiger partial charge in [0.1, 0.15) is 0 Å². The molecule has 1 aromatic carbocycles. The first-order valence-electron chi connectivity index (χ1n) is 6.68. The maximum atomic E-state index is 10.3. The highest BCUT2D eigenvalue weighted by Gasteiger charge is 2.14. The molecule has 0 saturated heterocycles. The number of aromatic nitrogens is 2. The van der Waals surface area contributed by atoms with E-state index in [1.807, 2.05) is 29.1 Å². The van der Waals surface area contributed by atoms with Crippen LogP contribution in [-0.4, -0.2) is 14.9 Å². The molecule has 3 nitrogen and oxygen atoms in total. The van der Waals surface area contributed by atoms with E-state index < -0.39 is 6.10 Å². The molecule has 1 N–H and O–H groups in total. The van der Waals surface area contributed by atoms with Crippen LogP contribution in [0.5, 0.6) is 0 Å². The predicted octanol–water partition coefficient (Wildman–Crippen LogP) is 4.55. The van der Waals surface area contributed by atoms with Crippen molar-refractivity contribution in [1.29, 1.82) is 0 Å². The van der Waals surface area contributed by atoms with Crippen molar-refractivity contribution >= 4 is 27.5 Å². The van der Waals surface area contributed by atoms with Crippen LogP contribution >= 0.6 is 27.5 Å². The third-order valence-corrected chi connectivity index (χ3v) is 4.25. The van der Waals surface area contributed by atoms with Crippen LogP contribution in [0.15, 0.2) is 34.9 Å². The maximum Gasteiger partial charge on any atom is 0.0860 e. The number of aliphatic hydroxyl groups is 1. The second-order valence-corrected chi connectivity index (χ2v) is 6.25. The van der Waals surface area contributed by atoms with E-state index in [-0.39, 0.29) is 0 Å². The summed E-state index contributed by atoms with van der Waals surface area (Å²) in [5.41, 5.74) is 1.60. The molecule has 0 aliphatic rings. The van der Waals surface area contributed by atoms with Crippen LogP contribution in [0, 0.1) is 0 Å². The van der Waals surface area contributed by atoms with Crippen molar-refractivity contribution in [3.05, 3.63) is 51.2 Å². The highest BCUT2D eigenvalue weighted by molar-refractivity contribution is 9.10. The number of nitrogens with zero attached hydrogens (tertiary/aromatic N) is 2. The molecule has 0 aliphatic carbocycles. The molecule has 0 aliphatic heterocycles. The standard InChI is InChI=1S/C15H18BrClN2O/c1-3-10(2)19-7-6-12(18-19)9-15(20)13-5-4-11(16)8-14(13)17/h4-8,10,15,20H,3,9H2,1-2H3. The third kappa shape index (κ3) is 3.62. The Morgan fingerprint density at radius 2 is 2.15 bits per heavy atom. The topological polar surface area (TPSA) is 38.0 Å². The third-order valence-electron chi connectivity index (χ3n) is 3.43. The maximum absolute atomic E-state index is 10.3. The Balaban J connectivity index is 2.11. The number of benzene rings is 1. The molecule has 0 spiro atoms. The minimum Gasteiger partial charge on any atom is -0.388 e. The molecular formula is C15H18BrClN2O. The lowest BCUT2D eigenvalue weighted by Gasteiger charge is -2.12. The minimum atomic E-state index is -0.643. The van der Waals surface area contributed by atoms with E-state index >= 15 is 0 Å². The lowest BCUT2D eigenvalue weighted by atomic mass is 10.1. The fraction of sp³-hybridized carbons (Fsp3) is 0.400. The van der Waals surface area contributed by atoms with Crippen molar-refractivity contribution in [1.82, 2.24) is 9.78 Å². The van der Waals surface area contributed by atoms with E-state index in [1.54, 1.807) is 6.07 Å². The molecule has 0 fully saturated rings. The van der Waals surface area contributed by atoms with Crippen molar-refractivity contribution < 1.29 is 5.11 Å². The van der Waals surface area contributed by atoms with E-state index in [4.69, 9.17) is 11.6 Å². The quantitative estimate of drug-likeness (QED) is 0.852. The fourth-order valence-corrected chi connectivity index (χ4v) is 2.80. The summed E-state index contributed by atoms with van der Waals surface area (Å²) in [6.45, 7) is 4.25. The first-order valence-corrected chi connectivity index (χ1v) is 7.85. The van der Waals surface area contributed by atoms with Gasteiger partial charge in [0.15, 0.2) is 0 Å². The van der Waals surface area contributed by atoms with Crippen molar-refractivity contribution in [2.24, 2.45) is 0 Å². The summed E-state index contributed by atoms with van der Waals surface area (Å²) in [5, 5.41) is 15.4. The predicted molar refractivity (Wildman–Crippen MR) is 85.0 cm³/mol. The first-order chi connectivity index (χ1) is 9.51. The Kier molecular flexibility index (Phi) is 5.24. The van der Waals surface area contributed by atoms with Crippen molar-refractivity contribution in [3.8, 4) is 0 Å². The van der Waals surface area contributed by atoms with Gasteiger partial charge in [-0.2, -0.15) is 5.10 Å². The van der Waals surface area contributed by atoms with Gasteiger partial charge in [0, 0.05) is 28.2 Å². The van der Waals surface area contributed by atoms with E-state index in [0.29, 0.717) is 17.5 Å². The smallest absolute Gasteiger partial charge is 0.0860 e. The summed E-state index contributed by atoms with van der Waals surface area (Å²) in [4.78, 5) is 0. The molecule has 0 amide bonds. The van der Waals surface area contributed by atoms with E-state index in [2.05, 4.69) is 34.9 Å². The van der Waals surface area contributed by atoms with Crippen LogP contribution in [0.4, 0.5) is 0 Å². The Bertz CT molecular complexity index is 585. The molecule has 2 atom stereocenters. The van der Waals surface area contributed by atoms with Crippen LogP contribution in [0.1, 0.15) is 43.7 Å². The van der Waals surface area contributed by atoms with Crippen LogP contribution in [-0.2, 0) is 6.42 Å². The molecule has 5 heteroatoms. The second kappa shape index (κ2) is 6.74. The van der Waals surface area contributed by atoms with Gasteiger partial charge in [0.2, 0.25) is 0 Å². The molecule has 1 heterocycles. The lowest BCUT2D eigenvalue weighted by molar-refractivity contribution is 0.177. The number of hydrogen-bond acceptors (Lipinski definition) is 2. The molecule has 0 saturated carbocycles. The molecule has 1 aromatic heterocycles. The van der Waals surface area contributed by atoms with Gasteiger partial charge in [0.25, 0.3) is 0 Å².